The van der Waals surface area contributed by atoms with E-state index in [9.17, 15) is 0 Å². The fraction of sp³-hybridized carbons (Fsp3) is 0.571. The van der Waals surface area contributed by atoms with Crippen LogP contribution >= 0.6 is 11.8 Å². The van der Waals surface area contributed by atoms with Crippen LogP contribution in [-0.4, -0.2) is 50.5 Å². The number of morpholine rings is 1. The minimum absolute atomic E-state index is 0.328. The molecular formula is C14H22N2OS. The molecule has 3 nitrogen and oxygen atoms in total. The maximum atomic E-state index is 5.72. The molecule has 100 valence electrons. The molecule has 1 aromatic rings. The van der Waals surface area contributed by atoms with Gasteiger partial charge in [0.1, 0.15) is 0 Å². The number of nitrogens with one attached hydrogen (secondary N) is 1. The average molecular weight is 266 g/mol. The highest BCUT2D eigenvalue weighted by molar-refractivity contribution is 7.98. The van der Waals surface area contributed by atoms with Crippen molar-refractivity contribution in [2.45, 2.75) is 17.5 Å². The zero-order chi connectivity index (χ0) is 12.8. The zero-order valence-corrected chi connectivity index (χ0v) is 12.0. The zero-order valence-electron chi connectivity index (χ0n) is 11.2. The van der Waals surface area contributed by atoms with Gasteiger partial charge in [-0.15, -0.1) is 11.8 Å². The SMILES string of the molecule is CSc1ccc(CNCC2CN(C)CCO2)cc1. The molecular weight excluding hydrogens is 244 g/mol. The van der Waals surface area contributed by atoms with Crippen LogP contribution in [0.5, 0.6) is 0 Å². The minimum atomic E-state index is 0.328. The second kappa shape index (κ2) is 7.14. The summed E-state index contributed by atoms with van der Waals surface area (Å²) in [6.45, 7) is 4.77. The highest BCUT2D eigenvalue weighted by atomic mass is 32.2. The second-order valence-corrected chi connectivity index (χ2v) is 5.61. The molecule has 0 amide bonds. The minimum Gasteiger partial charge on any atom is -0.374 e. The molecule has 2 rings (SSSR count). The first-order valence-corrected chi connectivity index (χ1v) is 7.64. The molecule has 1 heterocycles. The van der Waals surface area contributed by atoms with E-state index < -0.39 is 0 Å². The van der Waals surface area contributed by atoms with Crippen molar-refractivity contribution in [1.29, 1.82) is 0 Å². The van der Waals surface area contributed by atoms with Gasteiger partial charge in [-0.25, -0.2) is 0 Å². The Morgan fingerprint density at radius 1 is 1.39 bits per heavy atom. The van der Waals surface area contributed by atoms with Crippen LogP contribution in [0.15, 0.2) is 29.2 Å². The summed E-state index contributed by atoms with van der Waals surface area (Å²) in [5.74, 6) is 0. The standard InChI is InChI=1S/C14H22N2OS/c1-16-7-8-17-13(11-16)10-15-9-12-3-5-14(18-2)6-4-12/h3-6,13,15H,7-11H2,1-2H3. The quantitative estimate of drug-likeness (QED) is 0.822. The molecule has 1 N–H and O–H groups in total. The summed E-state index contributed by atoms with van der Waals surface area (Å²) in [6.07, 6.45) is 2.43. The smallest absolute Gasteiger partial charge is 0.0826 e. The van der Waals surface area contributed by atoms with Gasteiger partial charge in [-0.3, -0.25) is 0 Å². The van der Waals surface area contributed by atoms with Crippen LogP contribution in [0.3, 0.4) is 0 Å². The Bertz CT molecular complexity index is 355. The highest BCUT2D eigenvalue weighted by Gasteiger charge is 2.16. The van der Waals surface area contributed by atoms with Gasteiger partial charge in [0.15, 0.2) is 0 Å². The van der Waals surface area contributed by atoms with Crippen LogP contribution in [0, 0.1) is 0 Å². The maximum Gasteiger partial charge on any atom is 0.0826 e. The molecule has 0 spiro atoms. The van der Waals surface area contributed by atoms with Gasteiger partial charge in [0.05, 0.1) is 12.7 Å². The van der Waals surface area contributed by atoms with E-state index >= 15 is 0 Å². The summed E-state index contributed by atoms with van der Waals surface area (Å²) >= 11 is 1.78. The molecule has 0 bridgehead atoms. The first-order valence-electron chi connectivity index (χ1n) is 6.41. The summed E-state index contributed by atoms with van der Waals surface area (Å²) in [6, 6.07) is 8.72. The average Bonchev–Trinajstić information content (AvgIpc) is 2.40. The number of rotatable bonds is 5. The van der Waals surface area contributed by atoms with Gasteiger partial charge in [-0.1, -0.05) is 12.1 Å². The van der Waals surface area contributed by atoms with Crippen LogP contribution in [0.2, 0.25) is 0 Å². The van der Waals surface area contributed by atoms with Crippen molar-refractivity contribution in [2.24, 2.45) is 0 Å². The molecule has 1 aliphatic heterocycles. The van der Waals surface area contributed by atoms with Gasteiger partial charge in [-0.2, -0.15) is 0 Å². The van der Waals surface area contributed by atoms with E-state index in [4.69, 9.17) is 4.74 Å². The molecule has 1 fully saturated rings. The van der Waals surface area contributed by atoms with Crippen molar-refractivity contribution >= 4 is 11.8 Å². The van der Waals surface area contributed by atoms with E-state index in [0.717, 1.165) is 32.8 Å². The van der Waals surface area contributed by atoms with Crippen molar-refractivity contribution in [3.63, 3.8) is 0 Å². The number of ether oxygens (including phenoxy) is 1. The maximum absolute atomic E-state index is 5.72. The Labute approximate surface area is 114 Å². The third kappa shape index (κ3) is 4.28. The van der Waals surface area contributed by atoms with E-state index in [-0.39, 0.29) is 0 Å². The normalized spacial score (nSPS) is 21.1. The molecule has 1 atom stereocenters. The summed E-state index contributed by atoms with van der Waals surface area (Å²) in [4.78, 5) is 3.64. The predicted molar refractivity (Wildman–Crippen MR) is 77.2 cm³/mol. The van der Waals surface area contributed by atoms with Gasteiger partial charge < -0.3 is 15.0 Å². The summed E-state index contributed by atoms with van der Waals surface area (Å²) < 4.78 is 5.72. The molecule has 1 aromatic carbocycles. The molecule has 18 heavy (non-hydrogen) atoms. The number of likely N-dealkylation sites (N-methyl/N-ethyl adjacent to an activating group) is 1. The van der Waals surface area contributed by atoms with E-state index in [1.54, 1.807) is 11.8 Å². The van der Waals surface area contributed by atoms with Crippen LogP contribution in [0.1, 0.15) is 5.56 Å². The number of thioether (sulfide) groups is 1. The first kappa shape index (κ1) is 13.9. The van der Waals surface area contributed by atoms with Gasteiger partial charge in [0.25, 0.3) is 0 Å². The molecule has 4 heteroatoms. The monoisotopic (exact) mass is 266 g/mol. The Kier molecular flexibility index (Phi) is 5.50. The topological polar surface area (TPSA) is 24.5 Å². The first-order chi connectivity index (χ1) is 8.78. The molecule has 1 saturated heterocycles. The molecule has 1 aliphatic rings. The molecule has 1 unspecified atom stereocenters. The lowest BCUT2D eigenvalue weighted by atomic mass is 10.2. The third-order valence-corrected chi connectivity index (χ3v) is 3.95. The third-order valence-electron chi connectivity index (χ3n) is 3.20. The van der Waals surface area contributed by atoms with Crippen molar-refractivity contribution in [3.8, 4) is 0 Å². The molecule has 0 radical (unpaired) electrons. The van der Waals surface area contributed by atoms with Crippen LogP contribution < -0.4 is 5.32 Å². The van der Waals surface area contributed by atoms with E-state index in [0.29, 0.717) is 6.10 Å². The lowest BCUT2D eigenvalue weighted by molar-refractivity contribution is -0.0182. The number of hydrogen-bond donors (Lipinski definition) is 1. The largest absolute Gasteiger partial charge is 0.374 e. The summed E-state index contributed by atoms with van der Waals surface area (Å²) in [7, 11) is 2.15. The van der Waals surface area contributed by atoms with Gasteiger partial charge in [-0.05, 0) is 31.0 Å². The van der Waals surface area contributed by atoms with E-state index in [1.165, 1.54) is 10.5 Å². The number of hydrogen-bond acceptors (Lipinski definition) is 4. The van der Waals surface area contributed by atoms with Gasteiger partial charge in [0, 0.05) is 31.1 Å². The van der Waals surface area contributed by atoms with Crippen molar-refractivity contribution in [3.05, 3.63) is 29.8 Å². The lowest BCUT2D eigenvalue weighted by Crippen LogP contribution is -2.44. The molecule has 0 saturated carbocycles. The van der Waals surface area contributed by atoms with E-state index in [1.807, 2.05) is 0 Å². The Morgan fingerprint density at radius 3 is 2.83 bits per heavy atom. The summed E-state index contributed by atoms with van der Waals surface area (Å²) in [5.41, 5.74) is 1.33. The van der Waals surface area contributed by atoms with Crippen molar-refractivity contribution in [1.82, 2.24) is 10.2 Å². The van der Waals surface area contributed by atoms with Gasteiger partial charge >= 0.3 is 0 Å². The number of benzene rings is 1. The second-order valence-electron chi connectivity index (χ2n) is 4.73. The van der Waals surface area contributed by atoms with Crippen LogP contribution in [0.4, 0.5) is 0 Å². The Hall–Kier alpha value is -0.550. The number of nitrogens with zero attached hydrogens (tertiary/aromatic N) is 1. The highest BCUT2D eigenvalue weighted by Crippen LogP contribution is 2.14. The summed E-state index contributed by atoms with van der Waals surface area (Å²) in [5, 5.41) is 3.47. The molecule has 0 aliphatic carbocycles. The van der Waals surface area contributed by atoms with Crippen molar-refractivity contribution in [2.75, 3.05) is 39.5 Å². The van der Waals surface area contributed by atoms with Crippen LogP contribution in [-0.2, 0) is 11.3 Å². The predicted octanol–water partition coefficient (Wildman–Crippen LogP) is 1.83. The van der Waals surface area contributed by atoms with Crippen molar-refractivity contribution < 1.29 is 4.74 Å². The fourth-order valence-corrected chi connectivity index (χ4v) is 2.52. The van der Waals surface area contributed by atoms with Crippen LogP contribution in [0.25, 0.3) is 0 Å². The lowest BCUT2D eigenvalue weighted by Gasteiger charge is -2.30. The van der Waals surface area contributed by atoms with Gasteiger partial charge in [0.2, 0.25) is 0 Å². The Morgan fingerprint density at radius 2 is 2.17 bits per heavy atom. The fourth-order valence-electron chi connectivity index (χ4n) is 2.11. The van der Waals surface area contributed by atoms with E-state index in [2.05, 4.69) is 47.8 Å². The Balaban J connectivity index is 1.70. The molecule has 0 aromatic heterocycles.